The molecule has 1 radical (unpaired) electrons. The van der Waals surface area contributed by atoms with Crippen LogP contribution in [-0.2, 0) is 11.3 Å². The Labute approximate surface area is 123 Å². The van der Waals surface area contributed by atoms with Crippen molar-refractivity contribution in [3.8, 4) is 0 Å². The van der Waals surface area contributed by atoms with Gasteiger partial charge in [0.2, 0.25) is 0 Å². The molecule has 2 rings (SSSR count). The molecule has 0 aromatic carbocycles. The Bertz CT molecular complexity index is 537. The monoisotopic (exact) mass is 350 g/mol. The van der Waals surface area contributed by atoms with Gasteiger partial charge in [0, 0.05) is 0 Å². The van der Waals surface area contributed by atoms with Gasteiger partial charge in [0.25, 0.3) is 0 Å². The molecule has 0 amide bonds. The van der Waals surface area contributed by atoms with Crippen LogP contribution in [0.4, 0.5) is 0 Å². The number of aromatic nitrogens is 2. The molecule has 0 aliphatic carbocycles. The fraction of sp³-hybridized carbons (Fsp3) is 0.636. The number of hydrogen-bond acceptors (Lipinski definition) is 7. The van der Waals surface area contributed by atoms with E-state index in [2.05, 4.69) is 26.3 Å². The Balaban J connectivity index is 2.37. The number of ether oxygens (including phenoxy) is 1. The standard InChI is InChI=1S/C11H16N3O5Se/c1-12-2-5-3-14(11(20)13-9(5)18)10-8(17)7(16)6(4-15)19-10/h3,6-8,10,12,15-17H,2,4H2,1H3. The van der Waals surface area contributed by atoms with Crippen LogP contribution in [0.15, 0.2) is 11.0 Å². The summed E-state index contributed by atoms with van der Waals surface area (Å²) in [7, 11) is 1.70. The van der Waals surface area contributed by atoms with Gasteiger partial charge in [-0.05, 0) is 0 Å². The number of nitrogens with zero attached hydrogens (tertiary/aromatic N) is 2. The van der Waals surface area contributed by atoms with Crippen molar-refractivity contribution in [2.24, 2.45) is 0 Å². The molecule has 4 atom stereocenters. The Hall–Kier alpha value is -0.801. The average Bonchev–Trinajstić information content (AvgIpc) is 2.70. The maximum absolute atomic E-state index is 11.7. The molecule has 2 heterocycles. The van der Waals surface area contributed by atoms with Gasteiger partial charge in [0.05, 0.1) is 0 Å². The van der Waals surface area contributed by atoms with Gasteiger partial charge in [-0.2, -0.15) is 0 Å². The van der Waals surface area contributed by atoms with E-state index >= 15 is 0 Å². The summed E-state index contributed by atoms with van der Waals surface area (Å²) in [5.74, 6) is 0. The van der Waals surface area contributed by atoms with Gasteiger partial charge in [-0.15, -0.1) is 0 Å². The SMILES string of the molecule is CNCc1cn(C2OC(CO)C(O)C2O)c([Se])nc1=O. The minimum atomic E-state index is -1.22. The molecule has 4 unspecified atom stereocenters. The summed E-state index contributed by atoms with van der Waals surface area (Å²) in [6.45, 7) is -0.0879. The number of hydrogen-bond donors (Lipinski definition) is 4. The zero-order valence-corrected chi connectivity index (χ0v) is 12.5. The van der Waals surface area contributed by atoms with Crippen LogP contribution in [0.3, 0.4) is 0 Å². The molecule has 1 aromatic rings. The molecule has 1 fully saturated rings. The van der Waals surface area contributed by atoms with Gasteiger partial charge in [0.15, 0.2) is 0 Å². The maximum atomic E-state index is 11.7. The van der Waals surface area contributed by atoms with Crippen molar-refractivity contribution in [1.29, 1.82) is 0 Å². The van der Waals surface area contributed by atoms with Crippen molar-refractivity contribution in [3.05, 3.63) is 22.1 Å². The van der Waals surface area contributed by atoms with Crippen LogP contribution in [0.5, 0.6) is 0 Å². The van der Waals surface area contributed by atoms with Gasteiger partial charge in [-0.1, -0.05) is 0 Å². The zero-order chi connectivity index (χ0) is 14.9. The molecular formula is C11H16N3O5Se. The predicted molar refractivity (Wildman–Crippen MR) is 69.7 cm³/mol. The van der Waals surface area contributed by atoms with Crippen molar-refractivity contribution in [2.75, 3.05) is 13.7 Å². The minimum absolute atomic E-state index is 0.240. The van der Waals surface area contributed by atoms with Crippen LogP contribution in [0, 0.1) is 0 Å². The molecule has 1 aliphatic heterocycles. The Morgan fingerprint density at radius 2 is 2.20 bits per heavy atom. The van der Waals surface area contributed by atoms with Crippen molar-refractivity contribution in [1.82, 2.24) is 14.9 Å². The second-order valence-electron chi connectivity index (χ2n) is 4.52. The van der Waals surface area contributed by atoms with Crippen molar-refractivity contribution >= 4 is 20.7 Å². The normalized spacial score (nSPS) is 29.8. The van der Waals surface area contributed by atoms with Crippen LogP contribution in [0.2, 0.25) is 0 Å². The molecular weight excluding hydrogens is 333 g/mol. The Morgan fingerprint density at radius 3 is 2.75 bits per heavy atom. The molecule has 0 spiro atoms. The topological polar surface area (TPSA) is 117 Å². The Morgan fingerprint density at radius 1 is 1.50 bits per heavy atom. The fourth-order valence-corrected chi connectivity index (χ4v) is 2.60. The van der Waals surface area contributed by atoms with Crippen LogP contribution < -0.4 is 15.6 Å². The quantitative estimate of drug-likeness (QED) is 0.415. The van der Waals surface area contributed by atoms with Crippen LogP contribution >= 0.6 is 0 Å². The van der Waals surface area contributed by atoms with Crippen molar-refractivity contribution in [2.45, 2.75) is 31.1 Å². The third kappa shape index (κ3) is 2.79. The van der Waals surface area contributed by atoms with Crippen LogP contribution in [0.25, 0.3) is 0 Å². The summed E-state index contributed by atoms with van der Waals surface area (Å²) in [6.07, 6.45) is -2.69. The van der Waals surface area contributed by atoms with E-state index in [4.69, 9.17) is 9.84 Å². The number of nitrogens with one attached hydrogen (secondary N) is 1. The third-order valence-corrected chi connectivity index (χ3v) is 3.78. The van der Waals surface area contributed by atoms with E-state index in [0.29, 0.717) is 12.1 Å². The van der Waals surface area contributed by atoms with E-state index in [1.165, 1.54) is 10.8 Å². The number of aliphatic hydroxyl groups excluding tert-OH is 3. The second-order valence-corrected chi connectivity index (χ2v) is 5.29. The number of aliphatic hydroxyl groups is 3. The van der Waals surface area contributed by atoms with E-state index in [1.807, 2.05) is 0 Å². The van der Waals surface area contributed by atoms with Gasteiger partial charge < -0.3 is 0 Å². The van der Waals surface area contributed by atoms with Gasteiger partial charge in [0.1, 0.15) is 0 Å². The molecule has 20 heavy (non-hydrogen) atoms. The molecule has 1 aliphatic rings. The summed E-state index contributed by atoms with van der Waals surface area (Å²) < 4.78 is 7.09. The van der Waals surface area contributed by atoms with Gasteiger partial charge >= 0.3 is 123 Å². The van der Waals surface area contributed by atoms with Gasteiger partial charge in [-0.3, -0.25) is 0 Å². The van der Waals surface area contributed by atoms with E-state index in [-0.39, 0.29) is 10.3 Å². The van der Waals surface area contributed by atoms with E-state index < -0.39 is 31.1 Å². The molecule has 4 N–H and O–H groups in total. The molecule has 0 bridgehead atoms. The first-order valence-corrected chi connectivity index (χ1v) is 6.91. The van der Waals surface area contributed by atoms with E-state index in [1.54, 1.807) is 7.05 Å². The van der Waals surface area contributed by atoms with Crippen LogP contribution in [-0.4, -0.2) is 72.8 Å². The summed E-state index contributed by atoms with van der Waals surface area (Å²) >= 11 is 2.62. The summed E-state index contributed by atoms with van der Waals surface area (Å²) in [6, 6.07) is 0. The predicted octanol–water partition coefficient (Wildman–Crippen LogP) is -3.63. The molecule has 111 valence electrons. The Kier molecular flexibility index (Phi) is 4.92. The third-order valence-electron chi connectivity index (χ3n) is 3.15. The van der Waals surface area contributed by atoms with Gasteiger partial charge in [-0.25, -0.2) is 0 Å². The molecule has 1 aromatic heterocycles. The number of rotatable bonds is 4. The first-order valence-electron chi connectivity index (χ1n) is 6.05. The second kappa shape index (κ2) is 6.31. The summed E-state index contributed by atoms with van der Waals surface area (Å²) in [5.41, 5.74) is 0.0281. The van der Waals surface area contributed by atoms with Crippen molar-refractivity contribution in [3.63, 3.8) is 0 Å². The molecule has 9 heteroatoms. The zero-order valence-electron chi connectivity index (χ0n) is 10.8. The molecule has 8 nitrogen and oxygen atoms in total. The molecule has 1 saturated heterocycles. The summed E-state index contributed by atoms with van der Waals surface area (Å²) in [4.78, 5) is 15.5. The molecule has 0 saturated carbocycles. The fourth-order valence-electron chi connectivity index (χ4n) is 2.10. The average molecular weight is 349 g/mol. The van der Waals surface area contributed by atoms with E-state index in [0.717, 1.165) is 0 Å². The van der Waals surface area contributed by atoms with Crippen molar-refractivity contribution < 1.29 is 20.1 Å². The first-order chi connectivity index (χ1) is 9.49. The summed E-state index contributed by atoms with van der Waals surface area (Å²) in [5, 5.41) is 31.7. The van der Waals surface area contributed by atoms with Crippen LogP contribution in [0.1, 0.15) is 11.8 Å². The first kappa shape index (κ1) is 15.6. The van der Waals surface area contributed by atoms with E-state index in [9.17, 15) is 15.0 Å².